The van der Waals surface area contributed by atoms with Gasteiger partial charge in [-0.1, -0.05) is 23.7 Å². The molecule has 0 radical (unpaired) electrons. The quantitative estimate of drug-likeness (QED) is 0.669. The second kappa shape index (κ2) is 7.17. The molecule has 0 fully saturated rings. The topological polar surface area (TPSA) is 83.8 Å². The van der Waals surface area contributed by atoms with Crippen LogP contribution in [0.5, 0.6) is 0 Å². The Morgan fingerprint density at radius 2 is 1.74 bits per heavy atom. The summed E-state index contributed by atoms with van der Waals surface area (Å²) in [5.74, 6) is 0.185. The largest absolute Gasteiger partial charge is 0.369 e. The number of H-pyrrole nitrogens is 1. The van der Waals surface area contributed by atoms with Gasteiger partial charge in [0.15, 0.2) is 5.95 Å². The number of amides is 1. The van der Waals surface area contributed by atoms with E-state index in [0.29, 0.717) is 22.2 Å². The molecule has 0 saturated heterocycles. The number of nitrogens with two attached hydrogens (primary N) is 1. The van der Waals surface area contributed by atoms with Crippen LogP contribution in [-0.4, -0.2) is 15.9 Å². The molecule has 1 amide bonds. The molecular weight excluding hydrogens is 335 g/mol. The lowest BCUT2D eigenvalue weighted by Gasteiger charge is -2.06. The fraction of sp³-hybridized carbons (Fsp3) is 0. The predicted octanol–water partition coefficient (Wildman–Crippen LogP) is 3.99. The second-order valence-corrected chi connectivity index (χ2v) is 5.16. The van der Waals surface area contributed by atoms with Gasteiger partial charge in [0.2, 0.25) is 0 Å². The normalized spacial score (nSPS) is 9.96. The second-order valence-electron chi connectivity index (χ2n) is 4.72. The molecule has 5 nitrogen and oxygen atoms in total. The van der Waals surface area contributed by atoms with Crippen LogP contribution in [0, 0.1) is 0 Å². The van der Waals surface area contributed by atoms with Crippen molar-refractivity contribution in [2.45, 2.75) is 0 Å². The lowest BCUT2D eigenvalue weighted by molar-refractivity contribution is 0.102. The van der Waals surface area contributed by atoms with Crippen molar-refractivity contribution in [3.8, 4) is 11.3 Å². The Morgan fingerprint density at radius 1 is 1.09 bits per heavy atom. The van der Waals surface area contributed by atoms with Crippen molar-refractivity contribution in [1.29, 1.82) is 0 Å². The number of aromatic nitrogens is 2. The number of nitrogens with one attached hydrogen (secondary N) is 2. The van der Waals surface area contributed by atoms with Crippen molar-refractivity contribution < 1.29 is 4.79 Å². The highest BCUT2D eigenvalue weighted by Gasteiger charge is 2.06. The molecule has 0 aliphatic heterocycles. The smallest absolute Gasteiger partial charge is 0.255 e. The van der Waals surface area contributed by atoms with Crippen LogP contribution in [0.15, 0.2) is 54.7 Å². The number of anilines is 2. The number of nitrogens with zero attached hydrogens (tertiary/aromatic N) is 1. The molecule has 0 unspecified atom stereocenters. The molecule has 1 aromatic heterocycles. The maximum absolute atomic E-state index is 12.1. The maximum Gasteiger partial charge on any atom is 0.255 e. The van der Waals surface area contributed by atoms with Crippen LogP contribution >= 0.6 is 24.0 Å². The van der Waals surface area contributed by atoms with Crippen molar-refractivity contribution in [3.05, 3.63) is 65.3 Å². The fourth-order valence-electron chi connectivity index (χ4n) is 2.02. The Balaban J connectivity index is 0.00000192. The highest BCUT2D eigenvalue weighted by Crippen LogP contribution is 2.20. The standard InChI is InChI=1S/C16H13ClN4O.ClH/c17-12-5-1-11(2-6-12)15(22)20-13-7-3-10(4-8-13)14-9-19-16(18)21-14;/h1-9H,(H,20,22)(H3,18,19,21);1H. The third-order valence-corrected chi connectivity index (χ3v) is 3.41. The van der Waals surface area contributed by atoms with Gasteiger partial charge in [0.25, 0.3) is 5.91 Å². The minimum atomic E-state index is -0.185. The van der Waals surface area contributed by atoms with E-state index < -0.39 is 0 Å². The summed E-state index contributed by atoms with van der Waals surface area (Å²) < 4.78 is 0. The molecule has 7 heteroatoms. The van der Waals surface area contributed by atoms with Gasteiger partial charge in [-0.15, -0.1) is 12.4 Å². The summed E-state index contributed by atoms with van der Waals surface area (Å²) in [6, 6.07) is 14.1. The lowest BCUT2D eigenvalue weighted by atomic mass is 10.1. The van der Waals surface area contributed by atoms with E-state index in [1.807, 2.05) is 24.3 Å². The fourth-order valence-corrected chi connectivity index (χ4v) is 2.15. The molecule has 0 atom stereocenters. The maximum atomic E-state index is 12.1. The number of benzene rings is 2. The molecule has 0 aliphatic carbocycles. The minimum Gasteiger partial charge on any atom is -0.369 e. The summed E-state index contributed by atoms with van der Waals surface area (Å²) in [5, 5.41) is 3.43. The van der Waals surface area contributed by atoms with Gasteiger partial charge in [-0.3, -0.25) is 4.79 Å². The molecule has 0 aliphatic rings. The first-order valence-electron chi connectivity index (χ1n) is 6.59. The molecule has 0 spiro atoms. The van der Waals surface area contributed by atoms with Crippen molar-refractivity contribution >= 4 is 41.6 Å². The molecule has 118 valence electrons. The summed E-state index contributed by atoms with van der Waals surface area (Å²) in [4.78, 5) is 19.0. The Morgan fingerprint density at radius 3 is 2.30 bits per heavy atom. The minimum absolute atomic E-state index is 0. The van der Waals surface area contributed by atoms with E-state index in [0.717, 1.165) is 11.3 Å². The Hall–Kier alpha value is -2.50. The van der Waals surface area contributed by atoms with E-state index in [9.17, 15) is 4.79 Å². The number of aromatic amines is 1. The van der Waals surface area contributed by atoms with Crippen LogP contribution in [0.3, 0.4) is 0 Å². The lowest BCUT2D eigenvalue weighted by Crippen LogP contribution is -2.11. The van der Waals surface area contributed by atoms with Crippen molar-refractivity contribution in [1.82, 2.24) is 9.97 Å². The van der Waals surface area contributed by atoms with Crippen LogP contribution in [0.4, 0.5) is 11.6 Å². The molecule has 2 aromatic carbocycles. The average molecular weight is 349 g/mol. The number of carbonyl (C=O) groups excluding carboxylic acids is 1. The summed E-state index contributed by atoms with van der Waals surface area (Å²) in [5.41, 5.74) is 8.57. The number of halogens is 2. The van der Waals surface area contributed by atoms with Gasteiger partial charge in [0, 0.05) is 16.3 Å². The summed E-state index contributed by atoms with van der Waals surface area (Å²) in [6.45, 7) is 0. The Labute approximate surface area is 144 Å². The average Bonchev–Trinajstić information content (AvgIpc) is 2.95. The first-order valence-corrected chi connectivity index (χ1v) is 6.97. The predicted molar refractivity (Wildman–Crippen MR) is 95.1 cm³/mol. The summed E-state index contributed by atoms with van der Waals surface area (Å²) in [6.07, 6.45) is 1.66. The first kappa shape index (κ1) is 16.9. The summed E-state index contributed by atoms with van der Waals surface area (Å²) >= 11 is 5.81. The molecule has 3 aromatic rings. The van der Waals surface area contributed by atoms with Gasteiger partial charge in [0.1, 0.15) is 0 Å². The van der Waals surface area contributed by atoms with Crippen LogP contribution in [0.25, 0.3) is 11.3 Å². The molecule has 23 heavy (non-hydrogen) atoms. The Kier molecular flexibility index (Phi) is 5.26. The zero-order valence-corrected chi connectivity index (χ0v) is 13.5. The number of nitrogen functional groups attached to an aromatic ring is 1. The zero-order chi connectivity index (χ0) is 15.5. The summed E-state index contributed by atoms with van der Waals surface area (Å²) in [7, 11) is 0. The number of rotatable bonds is 3. The van der Waals surface area contributed by atoms with Gasteiger partial charge in [0.05, 0.1) is 11.9 Å². The molecule has 3 rings (SSSR count). The van der Waals surface area contributed by atoms with Crippen molar-refractivity contribution in [2.75, 3.05) is 11.1 Å². The van der Waals surface area contributed by atoms with Gasteiger partial charge < -0.3 is 16.0 Å². The number of hydrogen-bond acceptors (Lipinski definition) is 3. The van der Waals surface area contributed by atoms with Gasteiger partial charge >= 0.3 is 0 Å². The SMILES string of the molecule is Cl.Nc1ncc(-c2ccc(NC(=O)c3ccc(Cl)cc3)cc2)[nH]1. The van der Waals surface area contributed by atoms with Crippen LogP contribution < -0.4 is 11.1 Å². The van der Waals surface area contributed by atoms with E-state index in [4.69, 9.17) is 17.3 Å². The van der Waals surface area contributed by atoms with Crippen molar-refractivity contribution in [2.24, 2.45) is 0 Å². The highest BCUT2D eigenvalue weighted by atomic mass is 35.5. The van der Waals surface area contributed by atoms with E-state index in [2.05, 4.69) is 15.3 Å². The number of imidazole rings is 1. The van der Waals surface area contributed by atoms with Gasteiger partial charge in [-0.25, -0.2) is 4.98 Å². The third kappa shape index (κ3) is 4.03. The zero-order valence-electron chi connectivity index (χ0n) is 11.9. The molecular formula is C16H14Cl2N4O. The molecule has 0 bridgehead atoms. The first-order chi connectivity index (χ1) is 10.6. The third-order valence-electron chi connectivity index (χ3n) is 3.16. The molecule has 0 saturated carbocycles. The van der Waals surface area contributed by atoms with E-state index in [1.165, 1.54) is 0 Å². The highest BCUT2D eigenvalue weighted by molar-refractivity contribution is 6.30. The van der Waals surface area contributed by atoms with Crippen molar-refractivity contribution in [3.63, 3.8) is 0 Å². The van der Waals surface area contributed by atoms with Gasteiger partial charge in [-0.2, -0.15) is 0 Å². The number of hydrogen-bond donors (Lipinski definition) is 3. The van der Waals surface area contributed by atoms with E-state index in [-0.39, 0.29) is 18.3 Å². The molecule has 1 heterocycles. The monoisotopic (exact) mass is 348 g/mol. The number of carbonyl (C=O) groups is 1. The van der Waals surface area contributed by atoms with Crippen LogP contribution in [-0.2, 0) is 0 Å². The van der Waals surface area contributed by atoms with Crippen LogP contribution in [0.2, 0.25) is 5.02 Å². The van der Waals surface area contributed by atoms with Crippen LogP contribution in [0.1, 0.15) is 10.4 Å². The van der Waals surface area contributed by atoms with E-state index >= 15 is 0 Å². The Bertz CT molecular complexity index is 798. The van der Waals surface area contributed by atoms with E-state index in [1.54, 1.807) is 30.5 Å². The molecule has 4 N–H and O–H groups in total. The van der Waals surface area contributed by atoms with Gasteiger partial charge in [-0.05, 0) is 42.0 Å².